The Morgan fingerprint density at radius 1 is 1.14 bits per heavy atom. The Morgan fingerprint density at radius 3 is 2.55 bits per heavy atom. The summed E-state index contributed by atoms with van der Waals surface area (Å²) in [4.78, 5) is 4.59. The number of rotatable bonds is 8. The van der Waals surface area contributed by atoms with Crippen LogP contribution in [0, 0.1) is 0 Å². The van der Waals surface area contributed by atoms with Gasteiger partial charge in [0.15, 0.2) is 5.82 Å². The highest BCUT2D eigenvalue weighted by molar-refractivity contribution is 7.92. The molecule has 4 rings (SSSR count). The second-order valence-electron chi connectivity index (χ2n) is 7.40. The topological polar surface area (TPSA) is 94.3 Å². The standard InChI is InChI=1S/C21H23N3O4S/c1-14(2)27-17-9-11-18(12-10-17)29(25,26)24-19-6-4-3-5-16(19)13-20-22-21(23-28-20)15-7-8-15/h3-6,9-12,14-15,24H,7-8,13H2,1-2H3. The molecule has 0 spiro atoms. The van der Waals surface area contributed by atoms with Gasteiger partial charge < -0.3 is 9.26 Å². The van der Waals surface area contributed by atoms with Crippen LogP contribution in [0.4, 0.5) is 5.69 Å². The maximum Gasteiger partial charge on any atom is 0.261 e. The van der Waals surface area contributed by atoms with Crippen molar-refractivity contribution in [2.45, 2.75) is 50.0 Å². The second kappa shape index (κ2) is 7.87. The van der Waals surface area contributed by atoms with Gasteiger partial charge in [-0.05, 0) is 62.6 Å². The molecule has 152 valence electrons. The molecule has 7 nitrogen and oxygen atoms in total. The number of para-hydroxylation sites is 1. The van der Waals surface area contributed by atoms with Gasteiger partial charge in [-0.15, -0.1) is 0 Å². The Labute approximate surface area is 170 Å². The van der Waals surface area contributed by atoms with Crippen molar-refractivity contribution in [3.63, 3.8) is 0 Å². The number of nitrogens with zero attached hydrogens (tertiary/aromatic N) is 2. The molecule has 1 N–H and O–H groups in total. The predicted molar refractivity (Wildman–Crippen MR) is 109 cm³/mol. The van der Waals surface area contributed by atoms with Gasteiger partial charge >= 0.3 is 0 Å². The molecule has 2 aromatic carbocycles. The van der Waals surface area contributed by atoms with Crippen molar-refractivity contribution in [3.05, 3.63) is 65.8 Å². The number of anilines is 1. The minimum Gasteiger partial charge on any atom is -0.491 e. The summed E-state index contributed by atoms with van der Waals surface area (Å²) in [5, 5.41) is 4.02. The lowest BCUT2D eigenvalue weighted by Crippen LogP contribution is -2.14. The van der Waals surface area contributed by atoms with Crippen LogP contribution in [0.5, 0.6) is 5.75 Å². The van der Waals surface area contributed by atoms with E-state index >= 15 is 0 Å². The largest absolute Gasteiger partial charge is 0.491 e. The molecule has 1 aliphatic carbocycles. The van der Waals surface area contributed by atoms with Gasteiger partial charge in [-0.1, -0.05) is 23.4 Å². The number of sulfonamides is 1. The van der Waals surface area contributed by atoms with Crippen molar-refractivity contribution in [3.8, 4) is 5.75 Å². The first-order chi connectivity index (χ1) is 13.9. The van der Waals surface area contributed by atoms with Crippen LogP contribution < -0.4 is 9.46 Å². The summed E-state index contributed by atoms with van der Waals surface area (Å²) in [6.07, 6.45) is 2.57. The van der Waals surface area contributed by atoms with E-state index in [4.69, 9.17) is 9.26 Å². The van der Waals surface area contributed by atoms with E-state index < -0.39 is 10.0 Å². The highest BCUT2D eigenvalue weighted by Gasteiger charge is 2.29. The molecule has 0 amide bonds. The third-order valence-corrected chi connectivity index (χ3v) is 5.92. The van der Waals surface area contributed by atoms with Gasteiger partial charge in [0.1, 0.15) is 5.75 Å². The molecule has 1 aliphatic rings. The third kappa shape index (κ3) is 4.76. The Balaban J connectivity index is 1.52. The van der Waals surface area contributed by atoms with Crippen LogP contribution in [0.15, 0.2) is 57.9 Å². The minimum absolute atomic E-state index is 0.0209. The average molecular weight is 413 g/mol. The van der Waals surface area contributed by atoms with Gasteiger partial charge in [-0.3, -0.25) is 4.72 Å². The average Bonchev–Trinajstić information content (AvgIpc) is 3.42. The van der Waals surface area contributed by atoms with Gasteiger partial charge in [0.05, 0.1) is 23.1 Å². The highest BCUT2D eigenvalue weighted by atomic mass is 32.2. The molecule has 1 heterocycles. The zero-order valence-corrected chi connectivity index (χ0v) is 17.1. The van der Waals surface area contributed by atoms with Crippen LogP contribution in [-0.2, 0) is 16.4 Å². The van der Waals surface area contributed by atoms with E-state index in [0.29, 0.717) is 29.7 Å². The Kier molecular flexibility index (Phi) is 5.27. The highest BCUT2D eigenvalue weighted by Crippen LogP contribution is 2.38. The number of hydrogen-bond donors (Lipinski definition) is 1. The van der Waals surface area contributed by atoms with Gasteiger partial charge in [0.25, 0.3) is 10.0 Å². The molecular weight excluding hydrogens is 390 g/mol. The van der Waals surface area contributed by atoms with E-state index in [0.717, 1.165) is 24.2 Å². The van der Waals surface area contributed by atoms with Crippen molar-refractivity contribution in [1.82, 2.24) is 10.1 Å². The van der Waals surface area contributed by atoms with Crippen LogP contribution in [0.25, 0.3) is 0 Å². The van der Waals surface area contributed by atoms with E-state index in [1.165, 1.54) is 12.1 Å². The summed E-state index contributed by atoms with van der Waals surface area (Å²) >= 11 is 0. The molecule has 1 aromatic heterocycles. The number of hydrogen-bond acceptors (Lipinski definition) is 6. The first-order valence-corrected chi connectivity index (χ1v) is 11.1. The molecule has 0 bridgehead atoms. The third-order valence-electron chi connectivity index (χ3n) is 4.54. The SMILES string of the molecule is CC(C)Oc1ccc(S(=O)(=O)Nc2ccccc2Cc2nc(C3CC3)no2)cc1. The van der Waals surface area contributed by atoms with Crippen molar-refractivity contribution >= 4 is 15.7 Å². The van der Waals surface area contributed by atoms with Crippen molar-refractivity contribution in [2.24, 2.45) is 0 Å². The van der Waals surface area contributed by atoms with E-state index in [-0.39, 0.29) is 11.0 Å². The summed E-state index contributed by atoms with van der Waals surface area (Å²) in [7, 11) is -3.74. The molecule has 29 heavy (non-hydrogen) atoms. The first-order valence-electron chi connectivity index (χ1n) is 9.60. The van der Waals surface area contributed by atoms with Crippen LogP contribution in [0.3, 0.4) is 0 Å². The Bertz CT molecular complexity index is 1090. The molecule has 0 aliphatic heterocycles. The van der Waals surface area contributed by atoms with E-state index in [1.807, 2.05) is 26.0 Å². The van der Waals surface area contributed by atoms with Gasteiger partial charge in [0.2, 0.25) is 5.89 Å². The van der Waals surface area contributed by atoms with E-state index in [1.54, 1.807) is 24.3 Å². The van der Waals surface area contributed by atoms with Crippen molar-refractivity contribution in [1.29, 1.82) is 0 Å². The second-order valence-corrected chi connectivity index (χ2v) is 9.08. The number of ether oxygens (including phenoxy) is 1. The van der Waals surface area contributed by atoms with Crippen LogP contribution in [0.1, 0.15) is 49.9 Å². The fourth-order valence-corrected chi connectivity index (χ4v) is 4.06. The first kappa shape index (κ1) is 19.4. The zero-order chi connectivity index (χ0) is 20.4. The van der Waals surface area contributed by atoms with Crippen molar-refractivity contribution < 1.29 is 17.7 Å². The molecule has 0 radical (unpaired) electrons. The van der Waals surface area contributed by atoms with E-state index in [2.05, 4.69) is 14.9 Å². The molecule has 8 heteroatoms. The van der Waals surface area contributed by atoms with Gasteiger partial charge in [0, 0.05) is 5.92 Å². The zero-order valence-electron chi connectivity index (χ0n) is 16.3. The monoisotopic (exact) mass is 413 g/mol. The maximum absolute atomic E-state index is 12.8. The lowest BCUT2D eigenvalue weighted by atomic mass is 10.1. The summed E-state index contributed by atoms with van der Waals surface area (Å²) in [6, 6.07) is 13.6. The lowest BCUT2D eigenvalue weighted by Gasteiger charge is -2.13. The molecule has 1 saturated carbocycles. The van der Waals surface area contributed by atoms with Crippen LogP contribution >= 0.6 is 0 Å². The lowest BCUT2D eigenvalue weighted by molar-refractivity contribution is 0.242. The fraction of sp³-hybridized carbons (Fsp3) is 0.333. The summed E-state index contributed by atoms with van der Waals surface area (Å²) in [5.41, 5.74) is 1.25. The Hall–Kier alpha value is -2.87. The number of benzene rings is 2. The smallest absolute Gasteiger partial charge is 0.261 e. The van der Waals surface area contributed by atoms with E-state index in [9.17, 15) is 8.42 Å². The Morgan fingerprint density at radius 2 is 1.86 bits per heavy atom. The van der Waals surface area contributed by atoms with Crippen LogP contribution in [0.2, 0.25) is 0 Å². The normalized spacial score (nSPS) is 14.2. The molecule has 1 fully saturated rings. The summed E-state index contributed by atoms with van der Waals surface area (Å²) < 4.78 is 39.2. The minimum atomic E-state index is -3.74. The predicted octanol–water partition coefficient (Wildman–Crippen LogP) is 4.13. The van der Waals surface area contributed by atoms with Crippen LogP contribution in [-0.4, -0.2) is 24.7 Å². The van der Waals surface area contributed by atoms with Gasteiger partial charge in [-0.25, -0.2) is 8.42 Å². The molecule has 0 atom stereocenters. The summed E-state index contributed by atoms with van der Waals surface area (Å²) in [6.45, 7) is 3.83. The molecule has 0 unspecified atom stereocenters. The number of nitrogens with one attached hydrogen (secondary N) is 1. The van der Waals surface area contributed by atoms with Gasteiger partial charge in [-0.2, -0.15) is 4.98 Å². The van der Waals surface area contributed by atoms with Crippen molar-refractivity contribution in [2.75, 3.05) is 4.72 Å². The summed E-state index contributed by atoms with van der Waals surface area (Å²) in [5.74, 6) is 2.25. The molecule has 0 saturated heterocycles. The maximum atomic E-state index is 12.8. The number of aromatic nitrogens is 2. The molecule has 3 aromatic rings. The fourth-order valence-electron chi connectivity index (χ4n) is 2.96. The molecular formula is C21H23N3O4S. The quantitative estimate of drug-likeness (QED) is 0.597.